The zero-order valence-corrected chi connectivity index (χ0v) is 11.0. The van der Waals surface area contributed by atoms with E-state index in [4.69, 9.17) is 0 Å². The minimum Gasteiger partial charge on any atom is -0.316 e. The second kappa shape index (κ2) is 5.49. The molecule has 20 heavy (non-hydrogen) atoms. The van der Waals surface area contributed by atoms with Crippen molar-refractivity contribution in [1.82, 2.24) is 25.3 Å². The second-order valence-electron chi connectivity index (χ2n) is 5.10. The van der Waals surface area contributed by atoms with Gasteiger partial charge in [0.2, 0.25) is 0 Å². The van der Waals surface area contributed by atoms with Gasteiger partial charge in [0.1, 0.15) is 11.7 Å². The quantitative estimate of drug-likeness (QED) is 0.663. The molecule has 3 rings (SSSR count). The molecule has 0 aliphatic carbocycles. The standard InChI is InChI=1S/C12H16N6O2/c19-18(20)11-8-14-7-10-12(11)17(16-15-10)5-3-9-2-1-4-13-6-9/h7-9,13H,1-6H2. The maximum atomic E-state index is 11.1. The fraction of sp³-hybridized carbons (Fsp3) is 0.583. The number of aromatic nitrogens is 4. The molecule has 1 aliphatic rings. The zero-order valence-electron chi connectivity index (χ0n) is 11.0. The van der Waals surface area contributed by atoms with Gasteiger partial charge in [0.15, 0.2) is 5.52 Å². The van der Waals surface area contributed by atoms with Gasteiger partial charge in [-0.2, -0.15) is 0 Å². The average Bonchev–Trinajstić information content (AvgIpc) is 2.89. The van der Waals surface area contributed by atoms with Crippen molar-refractivity contribution in [2.45, 2.75) is 25.8 Å². The summed E-state index contributed by atoms with van der Waals surface area (Å²) in [4.78, 5) is 14.5. The van der Waals surface area contributed by atoms with Gasteiger partial charge in [-0.15, -0.1) is 5.10 Å². The number of nitro groups is 1. The molecule has 1 aliphatic heterocycles. The lowest BCUT2D eigenvalue weighted by Crippen LogP contribution is -2.30. The summed E-state index contributed by atoms with van der Waals surface area (Å²) in [6.45, 7) is 2.74. The van der Waals surface area contributed by atoms with Crippen LogP contribution in [0.15, 0.2) is 12.4 Å². The van der Waals surface area contributed by atoms with Crippen LogP contribution >= 0.6 is 0 Å². The molecule has 0 bridgehead atoms. The summed E-state index contributed by atoms with van der Waals surface area (Å²) in [6, 6.07) is 0. The van der Waals surface area contributed by atoms with Crippen molar-refractivity contribution in [3.63, 3.8) is 0 Å². The highest BCUT2D eigenvalue weighted by molar-refractivity contribution is 5.82. The van der Waals surface area contributed by atoms with Crippen molar-refractivity contribution in [2.75, 3.05) is 13.1 Å². The number of hydrogen-bond donors (Lipinski definition) is 1. The predicted octanol–water partition coefficient (Wildman–Crippen LogP) is 1.12. The van der Waals surface area contributed by atoms with Crippen LogP contribution in [0.2, 0.25) is 0 Å². The van der Waals surface area contributed by atoms with Crippen LogP contribution in [0, 0.1) is 16.0 Å². The molecule has 106 valence electrons. The molecule has 2 aromatic rings. The molecule has 0 saturated carbocycles. The van der Waals surface area contributed by atoms with E-state index in [9.17, 15) is 10.1 Å². The van der Waals surface area contributed by atoms with Gasteiger partial charge in [-0.1, -0.05) is 5.21 Å². The van der Waals surface area contributed by atoms with E-state index in [1.807, 2.05) is 0 Å². The van der Waals surface area contributed by atoms with Crippen LogP contribution in [-0.4, -0.2) is 38.0 Å². The second-order valence-corrected chi connectivity index (χ2v) is 5.10. The van der Waals surface area contributed by atoms with Gasteiger partial charge in [0.25, 0.3) is 0 Å². The van der Waals surface area contributed by atoms with Crippen LogP contribution < -0.4 is 5.32 Å². The summed E-state index contributed by atoms with van der Waals surface area (Å²) in [5.74, 6) is 0.601. The average molecular weight is 276 g/mol. The Bertz CT molecular complexity index is 619. The Morgan fingerprint density at radius 1 is 1.50 bits per heavy atom. The van der Waals surface area contributed by atoms with Crippen LogP contribution in [0.4, 0.5) is 5.69 Å². The molecule has 0 spiro atoms. The molecular formula is C12H16N6O2. The van der Waals surface area contributed by atoms with E-state index >= 15 is 0 Å². The van der Waals surface area contributed by atoms with Gasteiger partial charge in [-0.05, 0) is 38.3 Å². The predicted molar refractivity (Wildman–Crippen MR) is 72.2 cm³/mol. The van der Waals surface area contributed by atoms with E-state index in [0.717, 1.165) is 19.5 Å². The number of nitrogens with one attached hydrogen (secondary N) is 1. The zero-order chi connectivity index (χ0) is 13.9. The first-order valence-electron chi connectivity index (χ1n) is 6.78. The minimum atomic E-state index is -0.433. The lowest BCUT2D eigenvalue weighted by atomic mass is 9.96. The van der Waals surface area contributed by atoms with Crippen molar-refractivity contribution < 1.29 is 4.92 Å². The Labute approximate surface area is 115 Å². The lowest BCUT2D eigenvalue weighted by molar-refractivity contribution is -0.383. The highest BCUT2D eigenvalue weighted by Crippen LogP contribution is 2.23. The Morgan fingerprint density at radius 3 is 3.15 bits per heavy atom. The van der Waals surface area contributed by atoms with Gasteiger partial charge in [-0.3, -0.25) is 15.1 Å². The molecule has 0 aromatic carbocycles. The Balaban J connectivity index is 1.82. The fourth-order valence-corrected chi connectivity index (χ4v) is 2.68. The molecule has 1 N–H and O–H groups in total. The van der Waals surface area contributed by atoms with Crippen LogP contribution in [0.3, 0.4) is 0 Å². The number of nitrogens with zero attached hydrogens (tertiary/aromatic N) is 5. The molecule has 2 aromatic heterocycles. The third-order valence-electron chi connectivity index (χ3n) is 3.74. The van der Waals surface area contributed by atoms with Crippen molar-refractivity contribution >= 4 is 16.7 Å². The molecule has 1 fully saturated rings. The maximum absolute atomic E-state index is 11.1. The van der Waals surface area contributed by atoms with Gasteiger partial charge in [0.05, 0.1) is 11.1 Å². The molecule has 1 unspecified atom stereocenters. The van der Waals surface area contributed by atoms with Crippen LogP contribution in [0.1, 0.15) is 19.3 Å². The van der Waals surface area contributed by atoms with E-state index < -0.39 is 4.92 Å². The number of rotatable bonds is 4. The van der Waals surface area contributed by atoms with Crippen molar-refractivity contribution in [2.24, 2.45) is 5.92 Å². The highest BCUT2D eigenvalue weighted by atomic mass is 16.6. The third kappa shape index (κ3) is 2.46. The maximum Gasteiger partial charge on any atom is 0.314 e. The summed E-state index contributed by atoms with van der Waals surface area (Å²) in [5.41, 5.74) is 0.906. The van der Waals surface area contributed by atoms with Crippen LogP contribution in [-0.2, 0) is 6.54 Å². The Kier molecular flexibility index (Phi) is 3.55. The van der Waals surface area contributed by atoms with Gasteiger partial charge < -0.3 is 5.32 Å². The monoisotopic (exact) mass is 276 g/mol. The summed E-state index contributed by atoms with van der Waals surface area (Å²) >= 11 is 0. The summed E-state index contributed by atoms with van der Waals surface area (Å²) in [7, 11) is 0. The van der Waals surface area contributed by atoms with E-state index in [2.05, 4.69) is 20.6 Å². The van der Waals surface area contributed by atoms with Crippen molar-refractivity contribution in [3.05, 3.63) is 22.5 Å². The van der Waals surface area contributed by atoms with E-state index in [-0.39, 0.29) is 5.69 Å². The third-order valence-corrected chi connectivity index (χ3v) is 3.74. The minimum absolute atomic E-state index is 0.0331. The molecule has 1 atom stereocenters. The van der Waals surface area contributed by atoms with Crippen molar-refractivity contribution in [1.29, 1.82) is 0 Å². The number of hydrogen-bond acceptors (Lipinski definition) is 6. The van der Waals surface area contributed by atoms with E-state index in [1.54, 1.807) is 4.68 Å². The SMILES string of the molecule is O=[N+]([O-])c1cncc2nnn(CCC3CCCNC3)c12. The number of piperidine rings is 1. The topological polar surface area (TPSA) is 98.8 Å². The largest absolute Gasteiger partial charge is 0.316 e. The number of pyridine rings is 1. The van der Waals surface area contributed by atoms with Crippen LogP contribution in [0.25, 0.3) is 11.0 Å². The first kappa shape index (κ1) is 12.9. The van der Waals surface area contributed by atoms with E-state index in [1.165, 1.54) is 25.2 Å². The highest BCUT2D eigenvalue weighted by Gasteiger charge is 2.20. The first-order valence-corrected chi connectivity index (χ1v) is 6.78. The van der Waals surface area contributed by atoms with Gasteiger partial charge in [-0.25, -0.2) is 4.68 Å². The molecular weight excluding hydrogens is 260 g/mol. The molecule has 3 heterocycles. The smallest absolute Gasteiger partial charge is 0.314 e. The van der Waals surface area contributed by atoms with Crippen molar-refractivity contribution in [3.8, 4) is 0 Å². The molecule has 1 saturated heterocycles. The first-order chi connectivity index (χ1) is 9.75. The Morgan fingerprint density at radius 2 is 2.40 bits per heavy atom. The Hall–Kier alpha value is -2.09. The summed E-state index contributed by atoms with van der Waals surface area (Å²) in [6.07, 6.45) is 6.10. The number of fused-ring (bicyclic) bond motifs is 1. The fourth-order valence-electron chi connectivity index (χ4n) is 2.68. The van der Waals surface area contributed by atoms with Gasteiger partial charge >= 0.3 is 5.69 Å². The molecule has 0 radical (unpaired) electrons. The summed E-state index contributed by atoms with van der Waals surface area (Å²) < 4.78 is 1.63. The summed E-state index contributed by atoms with van der Waals surface area (Å²) in [5, 5.41) is 22.4. The normalized spacial score (nSPS) is 19.3. The lowest BCUT2D eigenvalue weighted by Gasteiger charge is -2.22. The molecule has 8 heteroatoms. The van der Waals surface area contributed by atoms with Gasteiger partial charge in [0, 0.05) is 6.54 Å². The number of aryl methyl sites for hydroxylation is 1. The van der Waals surface area contributed by atoms with E-state index in [0.29, 0.717) is 23.5 Å². The molecule has 8 nitrogen and oxygen atoms in total. The molecule has 0 amide bonds. The van der Waals surface area contributed by atoms with Crippen LogP contribution in [0.5, 0.6) is 0 Å².